The van der Waals surface area contributed by atoms with Crippen molar-refractivity contribution in [3.05, 3.63) is 65.0 Å². The van der Waals surface area contributed by atoms with Crippen LogP contribution < -0.4 is 5.56 Å². The third-order valence-electron chi connectivity index (χ3n) is 4.13. The van der Waals surface area contributed by atoms with E-state index in [0.717, 1.165) is 16.3 Å². The predicted octanol–water partition coefficient (Wildman–Crippen LogP) is 3.58. The zero-order chi connectivity index (χ0) is 17.8. The van der Waals surface area contributed by atoms with E-state index in [2.05, 4.69) is 5.10 Å². The van der Waals surface area contributed by atoms with Gasteiger partial charge in [0.05, 0.1) is 12.3 Å². The van der Waals surface area contributed by atoms with Gasteiger partial charge in [0.25, 0.3) is 5.56 Å². The summed E-state index contributed by atoms with van der Waals surface area (Å²) in [6.07, 6.45) is 0.435. The zero-order valence-corrected chi connectivity index (χ0v) is 14.3. The van der Waals surface area contributed by atoms with Gasteiger partial charge >= 0.3 is 5.97 Å². The molecule has 1 heterocycles. The molecule has 25 heavy (non-hydrogen) atoms. The van der Waals surface area contributed by atoms with Gasteiger partial charge in [0.15, 0.2) is 6.04 Å². The summed E-state index contributed by atoms with van der Waals surface area (Å²) in [4.78, 5) is 24.4. The molecule has 3 rings (SSSR count). The number of nitrogens with zero attached hydrogens (tertiary/aromatic N) is 2. The normalized spacial score (nSPS) is 12.1. The third-order valence-corrected chi connectivity index (χ3v) is 4.13. The van der Waals surface area contributed by atoms with E-state index >= 15 is 0 Å². The number of fused-ring (bicyclic) bond motifs is 1. The van der Waals surface area contributed by atoms with Crippen LogP contribution in [0.15, 0.2) is 59.4 Å². The molecule has 0 aliphatic rings. The topological polar surface area (TPSA) is 61.2 Å². The van der Waals surface area contributed by atoms with E-state index < -0.39 is 12.0 Å². The number of hydrogen-bond donors (Lipinski definition) is 0. The van der Waals surface area contributed by atoms with Gasteiger partial charge in [-0.1, -0.05) is 49.4 Å². The Kier molecular flexibility index (Phi) is 4.93. The number of ether oxygens (including phenoxy) is 1. The lowest BCUT2D eigenvalue weighted by Gasteiger charge is -2.16. The molecule has 1 atom stereocenters. The lowest BCUT2D eigenvalue weighted by atomic mass is 10.0. The molecule has 0 saturated carbocycles. The lowest BCUT2D eigenvalue weighted by Crippen LogP contribution is -2.32. The first-order chi connectivity index (χ1) is 12.2. The first-order valence-electron chi connectivity index (χ1n) is 8.40. The quantitative estimate of drug-likeness (QED) is 0.668. The summed E-state index contributed by atoms with van der Waals surface area (Å²) in [5.41, 5.74) is 1.26. The molecule has 5 heteroatoms. The molecule has 0 N–H and O–H groups in total. The Balaban J connectivity index is 2.13. The van der Waals surface area contributed by atoms with E-state index in [1.165, 1.54) is 10.7 Å². The molecule has 3 aromatic rings. The Labute approximate surface area is 145 Å². The minimum Gasteiger partial charge on any atom is -0.464 e. The minimum atomic E-state index is -0.720. The maximum Gasteiger partial charge on any atom is 0.331 e. The van der Waals surface area contributed by atoms with Gasteiger partial charge in [-0.3, -0.25) is 4.79 Å². The van der Waals surface area contributed by atoms with Gasteiger partial charge in [-0.05, 0) is 30.2 Å². The summed E-state index contributed by atoms with van der Waals surface area (Å²) in [7, 11) is 0. The van der Waals surface area contributed by atoms with Crippen molar-refractivity contribution in [3.63, 3.8) is 0 Å². The standard InChI is InChI=1S/C20H20N2O3/c1-3-18(20(24)25-4-2)22-19(23)13-12-17(21-22)16-11-7-9-14-8-5-6-10-15(14)16/h5-13,18H,3-4H2,1-2H3/t18-/m0/s1. The number of rotatable bonds is 5. The van der Waals surface area contributed by atoms with Gasteiger partial charge in [-0.2, -0.15) is 5.10 Å². The SMILES string of the molecule is CCOC(=O)[C@H](CC)n1nc(-c2cccc3ccccc23)ccc1=O. The van der Waals surface area contributed by atoms with Crippen molar-refractivity contribution in [1.82, 2.24) is 9.78 Å². The average Bonchev–Trinajstić information content (AvgIpc) is 2.64. The molecule has 128 valence electrons. The average molecular weight is 336 g/mol. The fourth-order valence-electron chi connectivity index (χ4n) is 2.92. The molecule has 0 aliphatic heterocycles. The summed E-state index contributed by atoms with van der Waals surface area (Å²) >= 11 is 0. The summed E-state index contributed by atoms with van der Waals surface area (Å²) < 4.78 is 6.31. The minimum absolute atomic E-state index is 0.271. The van der Waals surface area contributed by atoms with E-state index in [1.807, 2.05) is 49.4 Å². The molecule has 0 aliphatic carbocycles. The largest absolute Gasteiger partial charge is 0.464 e. The highest BCUT2D eigenvalue weighted by atomic mass is 16.5. The number of esters is 1. The molecule has 0 spiro atoms. The zero-order valence-electron chi connectivity index (χ0n) is 14.3. The van der Waals surface area contributed by atoms with Gasteiger partial charge in [-0.15, -0.1) is 0 Å². The highest BCUT2D eigenvalue weighted by Gasteiger charge is 2.22. The Bertz CT molecular complexity index is 957. The van der Waals surface area contributed by atoms with Crippen LogP contribution >= 0.6 is 0 Å². The molecule has 2 aromatic carbocycles. The highest BCUT2D eigenvalue weighted by Crippen LogP contribution is 2.26. The molecule has 0 saturated heterocycles. The Morgan fingerprint density at radius 3 is 2.60 bits per heavy atom. The molecular formula is C20H20N2O3. The van der Waals surface area contributed by atoms with Crippen molar-refractivity contribution in [2.75, 3.05) is 6.61 Å². The van der Waals surface area contributed by atoms with Gasteiger partial charge in [0.2, 0.25) is 0 Å². The Hall–Kier alpha value is -2.95. The summed E-state index contributed by atoms with van der Waals surface area (Å²) in [5.74, 6) is -0.435. The fourth-order valence-corrected chi connectivity index (χ4v) is 2.92. The monoisotopic (exact) mass is 336 g/mol. The molecule has 1 aromatic heterocycles. The first kappa shape index (κ1) is 16.9. The van der Waals surface area contributed by atoms with Crippen LogP contribution in [0.4, 0.5) is 0 Å². The smallest absolute Gasteiger partial charge is 0.331 e. The van der Waals surface area contributed by atoms with Crippen molar-refractivity contribution in [1.29, 1.82) is 0 Å². The maximum absolute atomic E-state index is 12.3. The lowest BCUT2D eigenvalue weighted by molar-refractivity contribution is -0.147. The van der Waals surface area contributed by atoms with E-state index in [4.69, 9.17) is 4.74 Å². The van der Waals surface area contributed by atoms with Crippen LogP contribution in [-0.2, 0) is 9.53 Å². The second-order valence-corrected chi connectivity index (χ2v) is 5.70. The van der Waals surface area contributed by atoms with Crippen molar-refractivity contribution in [3.8, 4) is 11.3 Å². The number of carbonyl (C=O) groups excluding carboxylic acids is 1. The predicted molar refractivity (Wildman–Crippen MR) is 97.4 cm³/mol. The molecule has 0 bridgehead atoms. The third kappa shape index (κ3) is 3.31. The van der Waals surface area contributed by atoms with Crippen LogP contribution in [0.2, 0.25) is 0 Å². The first-order valence-corrected chi connectivity index (χ1v) is 8.40. The van der Waals surface area contributed by atoms with E-state index in [9.17, 15) is 9.59 Å². The molecule has 0 amide bonds. The van der Waals surface area contributed by atoms with E-state index in [1.54, 1.807) is 13.0 Å². The van der Waals surface area contributed by atoms with Gasteiger partial charge < -0.3 is 4.74 Å². The van der Waals surface area contributed by atoms with Crippen molar-refractivity contribution >= 4 is 16.7 Å². The van der Waals surface area contributed by atoms with Crippen molar-refractivity contribution in [2.24, 2.45) is 0 Å². The molecule has 0 fully saturated rings. The molecule has 5 nitrogen and oxygen atoms in total. The second-order valence-electron chi connectivity index (χ2n) is 5.70. The molecule has 0 radical (unpaired) electrons. The Morgan fingerprint density at radius 2 is 1.84 bits per heavy atom. The summed E-state index contributed by atoms with van der Waals surface area (Å²) in [6, 6.07) is 16.4. The number of carbonyl (C=O) groups is 1. The fraction of sp³-hybridized carbons (Fsp3) is 0.250. The van der Waals surface area contributed by atoms with Crippen molar-refractivity contribution in [2.45, 2.75) is 26.3 Å². The number of hydrogen-bond acceptors (Lipinski definition) is 4. The van der Waals surface area contributed by atoms with E-state index in [-0.39, 0.29) is 12.2 Å². The molecular weight excluding hydrogens is 316 g/mol. The van der Waals surface area contributed by atoms with Crippen LogP contribution in [0.5, 0.6) is 0 Å². The van der Waals surface area contributed by atoms with E-state index in [0.29, 0.717) is 12.1 Å². The summed E-state index contributed by atoms with van der Waals surface area (Å²) in [5, 5.41) is 6.61. The van der Waals surface area contributed by atoms with Gasteiger partial charge in [0, 0.05) is 11.6 Å². The summed E-state index contributed by atoms with van der Waals surface area (Å²) in [6.45, 7) is 3.85. The Morgan fingerprint density at radius 1 is 1.08 bits per heavy atom. The van der Waals surface area contributed by atoms with Crippen LogP contribution in [0.1, 0.15) is 26.3 Å². The van der Waals surface area contributed by atoms with Crippen LogP contribution in [-0.4, -0.2) is 22.4 Å². The number of benzene rings is 2. The molecule has 0 unspecified atom stereocenters. The number of aromatic nitrogens is 2. The second kappa shape index (κ2) is 7.30. The highest BCUT2D eigenvalue weighted by molar-refractivity contribution is 5.95. The van der Waals surface area contributed by atoms with Crippen LogP contribution in [0.3, 0.4) is 0 Å². The van der Waals surface area contributed by atoms with Gasteiger partial charge in [0.1, 0.15) is 0 Å². The van der Waals surface area contributed by atoms with Gasteiger partial charge in [-0.25, -0.2) is 9.48 Å². The maximum atomic E-state index is 12.3. The van der Waals surface area contributed by atoms with Crippen LogP contribution in [0, 0.1) is 0 Å². The van der Waals surface area contributed by atoms with Crippen molar-refractivity contribution < 1.29 is 9.53 Å². The van der Waals surface area contributed by atoms with Crippen LogP contribution in [0.25, 0.3) is 22.0 Å².